The average molecular weight is 333 g/mol. The highest BCUT2D eigenvalue weighted by atomic mass is 16.5. The number of hydrogen-bond acceptors (Lipinski definition) is 5. The van der Waals surface area contributed by atoms with E-state index in [2.05, 4.69) is 10.6 Å². The van der Waals surface area contributed by atoms with Crippen LogP contribution in [0.15, 0.2) is 30.3 Å². The van der Waals surface area contributed by atoms with Gasteiger partial charge in [0.15, 0.2) is 0 Å². The molecule has 0 aliphatic carbocycles. The van der Waals surface area contributed by atoms with Crippen LogP contribution in [-0.4, -0.2) is 66.8 Å². The van der Waals surface area contributed by atoms with Gasteiger partial charge in [-0.2, -0.15) is 0 Å². The van der Waals surface area contributed by atoms with Crippen LogP contribution in [-0.2, 0) is 20.9 Å². The predicted octanol–water partition coefficient (Wildman–Crippen LogP) is -0.889. The van der Waals surface area contributed by atoms with Gasteiger partial charge in [-0.1, -0.05) is 30.3 Å². The molecule has 2 saturated heterocycles. The molecule has 2 aliphatic heterocycles. The first-order valence-corrected chi connectivity index (χ1v) is 8.23. The van der Waals surface area contributed by atoms with Crippen molar-refractivity contribution in [2.45, 2.75) is 18.7 Å². The largest absolute Gasteiger partial charge is 0.391 e. The van der Waals surface area contributed by atoms with E-state index in [1.807, 2.05) is 30.3 Å². The normalized spacial score (nSPS) is 27.3. The molecule has 2 amide bonds. The molecule has 3 N–H and O–H groups in total. The quantitative estimate of drug-likeness (QED) is 0.650. The standard InChI is InChI=1S/C17H23N3O4/c21-15-8-18-6-13(15)7-19-17(23)14-10-24-11-16(22)20(14)9-12-4-2-1-3-5-12/h1-5,13-15,18,21H,6-11H2,(H,19,23)/t13?,14-,15?/m1/s1. The predicted molar refractivity (Wildman–Crippen MR) is 87.0 cm³/mol. The van der Waals surface area contributed by atoms with E-state index in [4.69, 9.17) is 4.74 Å². The van der Waals surface area contributed by atoms with Crippen molar-refractivity contribution in [1.29, 1.82) is 0 Å². The molecule has 2 heterocycles. The van der Waals surface area contributed by atoms with E-state index in [0.29, 0.717) is 26.2 Å². The topological polar surface area (TPSA) is 90.9 Å². The summed E-state index contributed by atoms with van der Waals surface area (Å²) in [5.41, 5.74) is 0.973. The van der Waals surface area contributed by atoms with Crippen molar-refractivity contribution in [2.75, 3.05) is 32.8 Å². The van der Waals surface area contributed by atoms with E-state index >= 15 is 0 Å². The van der Waals surface area contributed by atoms with Gasteiger partial charge in [0.05, 0.1) is 12.7 Å². The number of β-amino-alcohol motifs (C(OH)–C–C–N with tert-alkyl or cyclic N) is 1. The number of aliphatic hydroxyl groups is 1. The minimum absolute atomic E-state index is 0.00186. The van der Waals surface area contributed by atoms with Gasteiger partial charge in [0.1, 0.15) is 12.6 Å². The second-order valence-electron chi connectivity index (χ2n) is 6.27. The number of amides is 2. The van der Waals surface area contributed by atoms with Crippen LogP contribution in [0.1, 0.15) is 5.56 Å². The van der Waals surface area contributed by atoms with E-state index < -0.39 is 12.1 Å². The van der Waals surface area contributed by atoms with Gasteiger partial charge in [0, 0.05) is 32.1 Å². The van der Waals surface area contributed by atoms with Crippen LogP contribution < -0.4 is 10.6 Å². The van der Waals surface area contributed by atoms with Gasteiger partial charge in [-0.05, 0) is 5.56 Å². The first-order valence-electron chi connectivity index (χ1n) is 8.23. The molecule has 1 aromatic rings. The highest BCUT2D eigenvalue weighted by Crippen LogP contribution is 2.14. The Morgan fingerprint density at radius 3 is 2.83 bits per heavy atom. The van der Waals surface area contributed by atoms with Crippen LogP contribution in [0.4, 0.5) is 0 Å². The lowest BCUT2D eigenvalue weighted by atomic mass is 10.1. The van der Waals surface area contributed by atoms with Crippen molar-refractivity contribution in [1.82, 2.24) is 15.5 Å². The van der Waals surface area contributed by atoms with Crippen molar-refractivity contribution in [3.8, 4) is 0 Å². The monoisotopic (exact) mass is 333 g/mol. The number of rotatable bonds is 5. The second kappa shape index (κ2) is 7.74. The molecular weight excluding hydrogens is 310 g/mol. The van der Waals surface area contributed by atoms with E-state index in [-0.39, 0.29) is 30.9 Å². The van der Waals surface area contributed by atoms with Crippen molar-refractivity contribution in [3.05, 3.63) is 35.9 Å². The number of aliphatic hydroxyl groups excluding tert-OH is 1. The molecule has 130 valence electrons. The summed E-state index contributed by atoms with van der Waals surface area (Å²) < 4.78 is 5.26. The molecular formula is C17H23N3O4. The first kappa shape index (κ1) is 16.9. The number of carbonyl (C=O) groups is 2. The lowest BCUT2D eigenvalue weighted by Gasteiger charge is -2.34. The van der Waals surface area contributed by atoms with Gasteiger partial charge >= 0.3 is 0 Å². The third kappa shape index (κ3) is 3.92. The van der Waals surface area contributed by atoms with Crippen molar-refractivity contribution in [2.24, 2.45) is 5.92 Å². The van der Waals surface area contributed by atoms with Gasteiger partial charge < -0.3 is 25.4 Å². The molecule has 24 heavy (non-hydrogen) atoms. The molecule has 1 aromatic carbocycles. The number of hydrogen-bond donors (Lipinski definition) is 3. The zero-order valence-electron chi connectivity index (χ0n) is 13.5. The highest BCUT2D eigenvalue weighted by Gasteiger charge is 2.35. The molecule has 0 saturated carbocycles. The summed E-state index contributed by atoms with van der Waals surface area (Å²) >= 11 is 0. The maximum Gasteiger partial charge on any atom is 0.249 e. The number of ether oxygens (including phenoxy) is 1. The van der Waals surface area contributed by atoms with Crippen LogP contribution in [0, 0.1) is 5.92 Å². The van der Waals surface area contributed by atoms with Gasteiger partial charge in [-0.25, -0.2) is 0 Å². The highest BCUT2D eigenvalue weighted by molar-refractivity contribution is 5.89. The van der Waals surface area contributed by atoms with Crippen LogP contribution in [0.25, 0.3) is 0 Å². The molecule has 2 fully saturated rings. The summed E-state index contributed by atoms with van der Waals surface area (Å²) in [5.74, 6) is -0.428. The third-order valence-electron chi connectivity index (χ3n) is 4.54. The molecule has 2 unspecified atom stereocenters. The smallest absolute Gasteiger partial charge is 0.249 e. The summed E-state index contributed by atoms with van der Waals surface area (Å²) in [5, 5.41) is 15.7. The van der Waals surface area contributed by atoms with E-state index in [0.717, 1.165) is 5.56 Å². The Morgan fingerprint density at radius 1 is 1.33 bits per heavy atom. The molecule has 0 radical (unpaired) electrons. The Bertz CT molecular complexity index is 580. The minimum Gasteiger partial charge on any atom is -0.391 e. The third-order valence-corrected chi connectivity index (χ3v) is 4.54. The van der Waals surface area contributed by atoms with Gasteiger partial charge in [-0.15, -0.1) is 0 Å². The van der Waals surface area contributed by atoms with Gasteiger partial charge in [0.2, 0.25) is 11.8 Å². The van der Waals surface area contributed by atoms with Gasteiger partial charge in [0.25, 0.3) is 0 Å². The van der Waals surface area contributed by atoms with E-state index in [1.165, 1.54) is 0 Å². The lowest BCUT2D eigenvalue weighted by Crippen LogP contribution is -2.56. The molecule has 2 aliphatic rings. The molecule has 3 rings (SSSR count). The van der Waals surface area contributed by atoms with Crippen molar-refractivity contribution >= 4 is 11.8 Å². The first-order chi connectivity index (χ1) is 11.6. The summed E-state index contributed by atoms with van der Waals surface area (Å²) in [7, 11) is 0. The van der Waals surface area contributed by atoms with Crippen LogP contribution in [0.5, 0.6) is 0 Å². The molecule has 0 aromatic heterocycles. The zero-order valence-corrected chi connectivity index (χ0v) is 13.5. The minimum atomic E-state index is -0.641. The SMILES string of the molecule is O=C(NCC1CNCC1O)[C@H]1COCC(=O)N1Cc1ccccc1. The molecule has 3 atom stereocenters. The maximum absolute atomic E-state index is 12.5. The average Bonchev–Trinajstić information content (AvgIpc) is 3.00. The number of nitrogens with zero attached hydrogens (tertiary/aromatic N) is 1. The number of carbonyl (C=O) groups excluding carboxylic acids is 2. The fourth-order valence-corrected chi connectivity index (χ4v) is 3.08. The molecule has 7 nitrogen and oxygen atoms in total. The maximum atomic E-state index is 12.5. The molecule has 0 bridgehead atoms. The summed E-state index contributed by atoms with van der Waals surface area (Å²) in [6.45, 7) is 2.18. The Hall–Kier alpha value is -1.96. The van der Waals surface area contributed by atoms with Crippen LogP contribution >= 0.6 is 0 Å². The van der Waals surface area contributed by atoms with Crippen molar-refractivity contribution in [3.63, 3.8) is 0 Å². The Morgan fingerprint density at radius 2 is 2.12 bits per heavy atom. The fraction of sp³-hybridized carbons (Fsp3) is 0.529. The number of nitrogens with one attached hydrogen (secondary N) is 2. The summed E-state index contributed by atoms with van der Waals surface area (Å²) in [6, 6.07) is 8.94. The number of morpholine rings is 1. The Labute approximate surface area is 141 Å². The Kier molecular flexibility index (Phi) is 5.44. The molecule has 7 heteroatoms. The van der Waals surface area contributed by atoms with E-state index in [9.17, 15) is 14.7 Å². The van der Waals surface area contributed by atoms with Crippen molar-refractivity contribution < 1.29 is 19.4 Å². The van der Waals surface area contributed by atoms with Crippen LogP contribution in [0.3, 0.4) is 0 Å². The number of benzene rings is 1. The van der Waals surface area contributed by atoms with E-state index in [1.54, 1.807) is 4.90 Å². The summed E-state index contributed by atoms with van der Waals surface area (Å²) in [6.07, 6.45) is -0.449. The Balaban J connectivity index is 1.62. The fourth-order valence-electron chi connectivity index (χ4n) is 3.08. The molecule has 0 spiro atoms. The summed E-state index contributed by atoms with van der Waals surface area (Å²) in [4.78, 5) is 26.3. The lowest BCUT2D eigenvalue weighted by molar-refractivity contribution is -0.155. The zero-order chi connectivity index (χ0) is 16.9. The second-order valence-corrected chi connectivity index (χ2v) is 6.27. The van der Waals surface area contributed by atoms with Crippen LogP contribution in [0.2, 0.25) is 0 Å². The van der Waals surface area contributed by atoms with Gasteiger partial charge in [-0.3, -0.25) is 9.59 Å².